The second-order valence-corrected chi connectivity index (χ2v) is 12.8. The van der Waals surface area contributed by atoms with Crippen molar-refractivity contribution in [2.24, 2.45) is 0 Å². The number of hydrogen-bond donors (Lipinski definition) is 0. The van der Waals surface area contributed by atoms with Gasteiger partial charge in [-0.1, -0.05) is 17.7 Å². The summed E-state index contributed by atoms with van der Waals surface area (Å²) in [6.07, 6.45) is 2.86. The summed E-state index contributed by atoms with van der Waals surface area (Å²) in [6, 6.07) is 13.3. The number of fused-ring (bicyclic) bond motifs is 4. The number of carbonyl (C=O) groups is 2. The Hall–Kier alpha value is -4.91. The highest BCUT2D eigenvalue weighted by molar-refractivity contribution is 7.90. The molecule has 0 spiro atoms. The number of imidazole rings is 1. The van der Waals surface area contributed by atoms with Crippen molar-refractivity contribution in [1.82, 2.24) is 23.2 Å². The molecule has 5 heterocycles. The van der Waals surface area contributed by atoms with Crippen molar-refractivity contribution < 1.29 is 32.2 Å². The lowest BCUT2D eigenvalue weighted by atomic mass is 10.1. The van der Waals surface area contributed by atoms with E-state index in [0.717, 1.165) is 15.1 Å². The molecule has 7 rings (SSSR count). The first-order valence-corrected chi connectivity index (χ1v) is 15.6. The van der Waals surface area contributed by atoms with Crippen LogP contribution < -0.4 is 9.47 Å². The second-order valence-electron chi connectivity index (χ2n) is 10.9. The number of hydrogen-bond acceptors (Lipinski definition) is 9. The zero-order valence-corrected chi connectivity index (χ0v) is 25.1. The molecule has 226 valence electrons. The van der Waals surface area contributed by atoms with E-state index < -0.39 is 28.1 Å². The van der Waals surface area contributed by atoms with Crippen LogP contribution in [0.4, 0.5) is 0 Å². The number of amides is 1. The summed E-state index contributed by atoms with van der Waals surface area (Å²) in [7, 11) is -3.97. The van der Waals surface area contributed by atoms with Gasteiger partial charge in [-0.2, -0.15) is 0 Å². The van der Waals surface area contributed by atoms with Crippen LogP contribution in [0.2, 0.25) is 0 Å². The van der Waals surface area contributed by atoms with E-state index in [4.69, 9.17) is 19.2 Å². The van der Waals surface area contributed by atoms with Crippen LogP contribution in [0.15, 0.2) is 65.8 Å². The van der Waals surface area contributed by atoms with E-state index in [1.54, 1.807) is 41.4 Å². The number of esters is 1. The molecule has 0 radical (unpaired) electrons. The van der Waals surface area contributed by atoms with Gasteiger partial charge in [0.15, 0.2) is 17.1 Å². The van der Waals surface area contributed by atoms with Crippen LogP contribution in [0, 0.1) is 6.92 Å². The highest BCUT2D eigenvalue weighted by atomic mass is 32.2. The van der Waals surface area contributed by atoms with Crippen molar-refractivity contribution in [3.8, 4) is 22.8 Å². The Morgan fingerprint density at radius 2 is 1.73 bits per heavy atom. The summed E-state index contributed by atoms with van der Waals surface area (Å²) in [6.45, 7) is 5.78. The molecule has 3 aromatic heterocycles. The van der Waals surface area contributed by atoms with Gasteiger partial charge in [-0.15, -0.1) is 0 Å². The average Bonchev–Trinajstić information content (AvgIpc) is 3.72. The van der Waals surface area contributed by atoms with Gasteiger partial charge in [0, 0.05) is 32.0 Å². The van der Waals surface area contributed by atoms with E-state index in [9.17, 15) is 18.0 Å². The first kappa shape index (κ1) is 27.9. The Balaban J connectivity index is 1.45. The van der Waals surface area contributed by atoms with Crippen LogP contribution >= 0.6 is 0 Å². The Kier molecular flexibility index (Phi) is 6.57. The van der Waals surface area contributed by atoms with Crippen molar-refractivity contribution >= 4 is 38.6 Å². The maximum absolute atomic E-state index is 13.7. The maximum atomic E-state index is 13.7. The third-order valence-electron chi connectivity index (χ3n) is 7.99. The summed E-state index contributed by atoms with van der Waals surface area (Å²) in [5, 5.41) is 0. The minimum atomic E-state index is -3.97. The molecule has 2 aliphatic heterocycles. The summed E-state index contributed by atoms with van der Waals surface area (Å²) in [5.41, 5.74) is 3.54. The van der Waals surface area contributed by atoms with Gasteiger partial charge in [-0.05, 0) is 43.3 Å². The minimum absolute atomic E-state index is 0.132. The van der Waals surface area contributed by atoms with Crippen LogP contribution in [0.3, 0.4) is 0 Å². The van der Waals surface area contributed by atoms with Gasteiger partial charge >= 0.3 is 5.97 Å². The summed E-state index contributed by atoms with van der Waals surface area (Å²) in [4.78, 5) is 36.1. The molecule has 0 saturated carbocycles. The molecule has 0 bridgehead atoms. The Bertz CT molecular complexity index is 2070. The number of rotatable bonds is 5. The molecule has 2 aromatic carbocycles. The number of ether oxygens (including phenoxy) is 3. The number of benzene rings is 2. The summed E-state index contributed by atoms with van der Waals surface area (Å²) < 4.78 is 47.5. The van der Waals surface area contributed by atoms with Crippen molar-refractivity contribution in [2.75, 3.05) is 19.8 Å². The molecular formula is C31H29N5O7S. The highest BCUT2D eigenvalue weighted by Crippen LogP contribution is 2.40. The van der Waals surface area contributed by atoms with E-state index in [0.29, 0.717) is 53.7 Å². The van der Waals surface area contributed by atoms with Gasteiger partial charge in [0.1, 0.15) is 25.1 Å². The van der Waals surface area contributed by atoms with Gasteiger partial charge in [0.2, 0.25) is 5.91 Å². The van der Waals surface area contributed by atoms with Crippen LogP contribution in [0.1, 0.15) is 37.7 Å². The fourth-order valence-corrected chi connectivity index (χ4v) is 7.29. The van der Waals surface area contributed by atoms with Gasteiger partial charge in [-0.3, -0.25) is 14.0 Å². The van der Waals surface area contributed by atoms with E-state index in [1.807, 2.05) is 29.5 Å². The molecule has 1 saturated heterocycles. The molecule has 44 heavy (non-hydrogen) atoms. The molecule has 5 aromatic rings. The predicted octanol–water partition coefficient (Wildman–Crippen LogP) is 3.89. The highest BCUT2D eigenvalue weighted by Gasteiger charge is 2.40. The van der Waals surface area contributed by atoms with Crippen molar-refractivity contribution in [1.29, 1.82) is 0 Å². The molecule has 2 atom stereocenters. The summed E-state index contributed by atoms with van der Waals surface area (Å²) in [5.74, 6) is 1.07. The predicted molar refractivity (Wildman–Crippen MR) is 159 cm³/mol. The normalized spacial score (nSPS) is 18.2. The maximum Gasteiger partial charge on any atom is 0.302 e. The molecule has 2 unspecified atom stereocenters. The minimum Gasteiger partial charge on any atom is -0.486 e. The first-order valence-electron chi connectivity index (χ1n) is 14.2. The largest absolute Gasteiger partial charge is 0.486 e. The number of aryl methyl sites for hydroxylation is 1. The van der Waals surface area contributed by atoms with Crippen LogP contribution in [-0.2, 0) is 24.3 Å². The smallest absolute Gasteiger partial charge is 0.302 e. The lowest BCUT2D eigenvalue weighted by Gasteiger charge is -2.22. The van der Waals surface area contributed by atoms with E-state index in [-0.39, 0.29) is 23.0 Å². The lowest BCUT2D eigenvalue weighted by molar-refractivity contribution is -0.146. The van der Waals surface area contributed by atoms with E-state index in [1.165, 1.54) is 20.0 Å². The average molecular weight is 616 g/mol. The van der Waals surface area contributed by atoms with Crippen LogP contribution in [-0.4, -0.2) is 69.4 Å². The monoisotopic (exact) mass is 615 g/mol. The lowest BCUT2D eigenvalue weighted by Crippen LogP contribution is -2.31. The topological polar surface area (TPSA) is 134 Å². The van der Waals surface area contributed by atoms with E-state index >= 15 is 0 Å². The third-order valence-corrected chi connectivity index (χ3v) is 9.67. The standard InChI is InChI=1S/C31H29N5O7S/c1-18-4-7-23(8-5-18)44(39,40)35-11-10-24-30(35)32-16-26-29(21-6-9-27-28(14-21)42-13-12-41-27)33-31(36(24)26)25-15-22(43-20(3)38)17-34(25)19(2)37/h4-11,14,16,22,25H,12-13,15,17H2,1-3H3. The number of aromatic nitrogens is 4. The molecule has 1 amide bonds. The van der Waals surface area contributed by atoms with Crippen molar-refractivity contribution in [3.05, 3.63) is 72.3 Å². The van der Waals surface area contributed by atoms with Crippen LogP contribution in [0.25, 0.3) is 27.9 Å². The van der Waals surface area contributed by atoms with Gasteiger partial charge in [0.05, 0.1) is 40.4 Å². The van der Waals surface area contributed by atoms with Gasteiger partial charge in [0.25, 0.3) is 10.0 Å². The quantitative estimate of drug-likeness (QED) is 0.270. The molecular weight excluding hydrogens is 586 g/mol. The molecule has 2 aliphatic rings. The molecule has 1 fully saturated rings. The fourth-order valence-electron chi connectivity index (χ4n) is 5.99. The number of nitrogens with zero attached hydrogens (tertiary/aromatic N) is 5. The molecule has 0 aliphatic carbocycles. The van der Waals surface area contributed by atoms with Gasteiger partial charge < -0.3 is 19.1 Å². The molecule has 0 N–H and O–H groups in total. The molecule has 13 heteroatoms. The second kappa shape index (κ2) is 10.4. The SMILES string of the molecule is CC(=O)OC1CC(c2nc(-c3ccc4c(c3)OCCO4)c3cnc4c(ccn4S(=O)(=O)c4ccc(C)cc4)n23)N(C(C)=O)C1. The number of likely N-dealkylation sites (tertiary alicyclic amines) is 1. The third kappa shape index (κ3) is 4.55. The number of carbonyl (C=O) groups excluding carboxylic acids is 2. The van der Waals surface area contributed by atoms with Crippen molar-refractivity contribution in [2.45, 2.75) is 44.2 Å². The Morgan fingerprint density at radius 1 is 0.977 bits per heavy atom. The Morgan fingerprint density at radius 3 is 2.45 bits per heavy atom. The first-order chi connectivity index (χ1) is 21.1. The Labute approximate surface area is 252 Å². The zero-order valence-electron chi connectivity index (χ0n) is 24.3. The molecule has 12 nitrogen and oxygen atoms in total. The van der Waals surface area contributed by atoms with Gasteiger partial charge in [-0.25, -0.2) is 22.4 Å². The van der Waals surface area contributed by atoms with Crippen LogP contribution in [0.5, 0.6) is 11.5 Å². The fraction of sp³-hybridized carbons (Fsp3) is 0.290. The summed E-state index contributed by atoms with van der Waals surface area (Å²) >= 11 is 0. The van der Waals surface area contributed by atoms with Crippen molar-refractivity contribution in [3.63, 3.8) is 0 Å². The zero-order chi connectivity index (χ0) is 30.7. The van der Waals surface area contributed by atoms with E-state index in [2.05, 4.69) is 4.98 Å².